The van der Waals surface area contributed by atoms with Crippen molar-refractivity contribution in [2.75, 3.05) is 18.4 Å². The fourth-order valence-corrected chi connectivity index (χ4v) is 5.36. The van der Waals surface area contributed by atoms with Gasteiger partial charge in [0, 0.05) is 48.5 Å². The third-order valence-corrected chi connectivity index (χ3v) is 7.05. The number of anilines is 1. The quantitative estimate of drug-likeness (QED) is 0.379. The molecule has 1 aliphatic rings. The Labute approximate surface area is 212 Å². The summed E-state index contributed by atoms with van der Waals surface area (Å²) in [6.07, 6.45) is 4.84. The molecule has 10 heteroatoms. The number of fused-ring (bicyclic) bond motifs is 2. The fourth-order valence-electron chi connectivity index (χ4n) is 4.42. The van der Waals surface area contributed by atoms with Crippen LogP contribution in [0.2, 0.25) is 0 Å². The van der Waals surface area contributed by atoms with Crippen LogP contribution in [0.25, 0.3) is 15.9 Å². The molecule has 0 aromatic carbocycles. The number of likely N-dealkylation sites (tertiary alicyclic amines) is 1. The van der Waals surface area contributed by atoms with E-state index in [4.69, 9.17) is 9.72 Å². The van der Waals surface area contributed by atoms with Gasteiger partial charge in [0.15, 0.2) is 11.5 Å². The summed E-state index contributed by atoms with van der Waals surface area (Å²) >= 11 is 1.29. The summed E-state index contributed by atoms with van der Waals surface area (Å²) in [4.78, 5) is 37.4. The Morgan fingerprint density at radius 3 is 2.78 bits per heavy atom. The van der Waals surface area contributed by atoms with Gasteiger partial charge in [-0.05, 0) is 52.7 Å². The number of carbonyl (C=O) groups excluding carboxylic acids is 2. The maximum absolute atomic E-state index is 14.4. The number of carbonyl (C=O) groups is 2. The van der Waals surface area contributed by atoms with E-state index in [2.05, 4.69) is 10.3 Å². The standard InChI is InChI=1S/C26H28FN5O3S/c1-15-12-32-14-18(11-19(27)22(32)28-15)29-23(33)21-10-16-7-8-20(30-24(16)36-21)17-6-5-9-31(13-17)25(34)35-26(2,3)4/h7-8,10-12,14,17H,5-6,9,13H2,1-4H3,(H,29,33)/t17-/m0/s1. The van der Waals surface area contributed by atoms with Gasteiger partial charge in [-0.1, -0.05) is 6.07 Å². The molecule has 5 rings (SSSR count). The van der Waals surface area contributed by atoms with Crippen LogP contribution >= 0.6 is 11.3 Å². The van der Waals surface area contributed by atoms with Crippen LogP contribution in [0, 0.1) is 12.7 Å². The van der Waals surface area contributed by atoms with Gasteiger partial charge >= 0.3 is 6.09 Å². The zero-order chi connectivity index (χ0) is 25.6. The van der Waals surface area contributed by atoms with E-state index >= 15 is 0 Å². The highest BCUT2D eigenvalue weighted by atomic mass is 32.1. The number of ether oxygens (including phenoxy) is 1. The van der Waals surface area contributed by atoms with E-state index in [1.165, 1.54) is 17.4 Å². The molecule has 4 aromatic heterocycles. The van der Waals surface area contributed by atoms with Crippen molar-refractivity contribution in [3.63, 3.8) is 0 Å². The van der Waals surface area contributed by atoms with Gasteiger partial charge in [-0.25, -0.2) is 19.2 Å². The predicted molar refractivity (Wildman–Crippen MR) is 137 cm³/mol. The molecule has 8 nitrogen and oxygen atoms in total. The maximum Gasteiger partial charge on any atom is 0.410 e. The second-order valence-corrected chi connectivity index (χ2v) is 11.2. The first-order valence-corrected chi connectivity index (χ1v) is 12.7. The molecule has 0 unspecified atom stereocenters. The Kier molecular flexibility index (Phi) is 6.15. The van der Waals surface area contributed by atoms with Crippen molar-refractivity contribution in [3.8, 4) is 0 Å². The average molecular weight is 510 g/mol. The molecule has 4 aromatic rings. The molecule has 2 amide bonds. The molecule has 1 atom stereocenters. The molecule has 0 aliphatic carbocycles. The molecule has 36 heavy (non-hydrogen) atoms. The number of imidazole rings is 1. The smallest absolute Gasteiger partial charge is 0.410 e. The molecule has 1 aliphatic heterocycles. The minimum absolute atomic E-state index is 0.100. The number of thiophene rings is 1. The maximum atomic E-state index is 14.4. The number of rotatable bonds is 3. The number of piperidine rings is 1. The molecule has 1 saturated heterocycles. The van der Waals surface area contributed by atoms with E-state index in [1.54, 1.807) is 34.7 Å². The van der Waals surface area contributed by atoms with Gasteiger partial charge in [0.1, 0.15) is 10.4 Å². The number of aromatic nitrogens is 3. The van der Waals surface area contributed by atoms with Crippen molar-refractivity contribution in [3.05, 3.63) is 58.7 Å². The first-order valence-electron chi connectivity index (χ1n) is 11.9. The number of amides is 2. The Balaban J connectivity index is 1.32. The molecular formula is C26H28FN5O3S. The second-order valence-electron chi connectivity index (χ2n) is 10.2. The van der Waals surface area contributed by atoms with Crippen molar-refractivity contribution in [1.29, 1.82) is 0 Å². The molecular weight excluding hydrogens is 481 g/mol. The van der Waals surface area contributed by atoms with Crippen molar-refractivity contribution >= 4 is 44.9 Å². The number of pyridine rings is 2. The number of halogens is 1. The highest BCUT2D eigenvalue weighted by Gasteiger charge is 2.29. The molecule has 5 heterocycles. The van der Waals surface area contributed by atoms with E-state index < -0.39 is 11.4 Å². The summed E-state index contributed by atoms with van der Waals surface area (Å²) in [5.74, 6) is -0.733. The summed E-state index contributed by atoms with van der Waals surface area (Å²) in [6.45, 7) is 8.58. The zero-order valence-electron chi connectivity index (χ0n) is 20.7. The van der Waals surface area contributed by atoms with E-state index in [1.807, 2.05) is 32.9 Å². The summed E-state index contributed by atoms with van der Waals surface area (Å²) in [6, 6.07) is 6.97. The highest BCUT2D eigenvalue weighted by molar-refractivity contribution is 7.20. The number of nitrogens with one attached hydrogen (secondary N) is 1. The van der Waals surface area contributed by atoms with Crippen LogP contribution in [0.1, 0.15) is 60.6 Å². The van der Waals surface area contributed by atoms with Crippen molar-refractivity contribution in [2.45, 2.75) is 52.1 Å². The highest BCUT2D eigenvalue weighted by Crippen LogP contribution is 2.31. The van der Waals surface area contributed by atoms with Gasteiger partial charge < -0.3 is 19.4 Å². The van der Waals surface area contributed by atoms with E-state index in [-0.39, 0.29) is 23.6 Å². The lowest BCUT2D eigenvalue weighted by molar-refractivity contribution is 0.0197. The van der Waals surface area contributed by atoms with Crippen LogP contribution in [0.4, 0.5) is 14.9 Å². The van der Waals surface area contributed by atoms with E-state index in [0.717, 1.165) is 28.8 Å². The Hall–Kier alpha value is -3.53. The number of hydrogen-bond acceptors (Lipinski definition) is 6. The summed E-state index contributed by atoms with van der Waals surface area (Å²) < 4.78 is 21.5. The monoisotopic (exact) mass is 509 g/mol. The topological polar surface area (TPSA) is 88.8 Å². The van der Waals surface area contributed by atoms with Crippen molar-refractivity contribution in [1.82, 2.24) is 19.3 Å². The molecule has 1 N–H and O–H groups in total. The first-order chi connectivity index (χ1) is 17.1. The Morgan fingerprint density at radius 1 is 1.19 bits per heavy atom. The number of aryl methyl sites for hydroxylation is 1. The Morgan fingerprint density at radius 2 is 2.00 bits per heavy atom. The molecule has 0 bridgehead atoms. The third-order valence-electron chi connectivity index (χ3n) is 6.00. The lowest BCUT2D eigenvalue weighted by Gasteiger charge is -2.33. The van der Waals surface area contributed by atoms with Crippen molar-refractivity contribution in [2.24, 2.45) is 0 Å². The van der Waals surface area contributed by atoms with Crippen LogP contribution < -0.4 is 5.32 Å². The normalized spacial score (nSPS) is 16.5. The number of nitrogens with zero attached hydrogens (tertiary/aromatic N) is 4. The molecule has 188 valence electrons. The van der Waals surface area contributed by atoms with E-state index in [0.29, 0.717) is 29.3 Å². The lowest BCUT2D eigenvalue weighted by atomic mass is 9.94. The van der Waals surface area contributed by atoms with Gasteiger partial charge in [-0.3, -0.25) is 4.79 Å². The van der Waals surface area contributed by atoms with Crippen LogP contribution in [-0.4, -0.2) is 50.0 Å². The average Bonchev–Trinajstić information content (AvgIpc) is 3.41. The van der Waals surface area contributed by atoms with Gasteiger partial charge in [0.05, 0.1) is 16.3 Å². The van der Waals surface area contributed by atoms with E-state index in [9.17, 15) is 14.0 Å². The molecule has 0 saturated carbocycles. The van der Waals surface area contributed by atoms with Crippen LogP contribution in [0.15, 0.2) is 36.7 Å². The minimum Gasteiger partial charge on any atom is -0.444 e. The SMILES string of the molecule is Cc1cn2cc(NC(=O)c3cc4ccc([C@H]5CCCN(C(=O)OC(C)(C)C)C5)nc4s3)cc(F)c2n1. The fraction of sp³-hybridized carbons (Fsp3) is 0.385. The first kappa shape index (κ1) is 24.2. The Bertz CT molecular complexity index is 1470. The van der Waals surface area contributed by atoms with Gasteiger partial charge in [-0.15, -0.1) is 11.3 Å². The predicted octanol–water partition coefficient (Wildman–Crippen LogP) is 5.76. The third kappa shape index (κ3) is 5.04. The van der Waals surface area contributed by atoms with Crippen LogP contribution in [-0.2, 0) is 4.74 Å². The largest absolute Gasteiger partial charge is 0.444 e. The van der Waals surface area contributed by atoms with Gasteiger partial charge in [0.25, 0.3) is 5.91 Å². The molecule has 0 spiro atoms. The molecule has 1 fully saturated rings. The van der Waals surface area contributed by atoms with Crippen LogP contribution in [0.5, 0.6) is 0 Å². The summed E-state index contributed by atoms with van der Waals surface area (Å²) in [5, 5.41) is 3.63. The second kappa shape index (κ2) is 9.16. The van der Waals surface area contributed by atoms with Crippen LogP contribution in [0.3, 0.4) is 0 Å². The minimum atomic E-state index is -0.537. The number of hydrogen-bond donors (Lipinski definition) is 1. The summed E-state index contributed by atoms with van der Waals surface area (Å²) in [5.41, 5.74) is 1.61. The van der Waals surface area contributed by atoms with Gasteiger partial charge in [0.2, 0.25) is 0 Å². The lowest BCUT2D eigenvalue weighted by Crippen LogP contribution is -2.42. The van der Waals surface area contributed by atoms with Gasteiger partial charge in [-0.2, -0.15) is 0 Å². The summed E-state index contributed by atoms with van der Waals surface area (Å²) in [7, 11) is 0. The van der Waals surface area contributed by atoms with Crippen molar-refractivity contribution < 1.29 is 18.7 Å². The molecule has 0 radical (unpaired) electrons. The zero-order valence-corrected chi connectivity index (χ0v) is 21.5.